The molecule has 0 unspecified atom stereocenters. The van der Waals surface area contributed by atoms with E-state index in [9.17, 15) is 45.2 Å². The van der Waals surface area contributed by atoms with E-state index in [0.29, 0.717) is 0 Å². The van der Waals surface area contributed by atoms with Crippen molar-refractivity contribution in [3.63, 3.8) is 0 Å². The summed E-state index contributed by atoms with van der Waals surface area (Å²) in [5, 5.41) is 13.5. The molecule has 0 bridgehead atoms. The third kappa shape index (κ3) is 3.32. The summed E-state index contributed by atoms with van der Waals surface area (Å²) in [4.78, 5) is 9.88. The van der Waals surface area contributed by atoms with Crippen molar-refractivity contribution in [2.24, 2.45) is 0 Å². The number of nitro benzene ring substituents is 1. The van der Waals surface area contributed by atoms with Crippen molar-refractivity contribution >= 4 is 5.69 Å². The molecule has 0 atom stereocenters. The molecule has 0 fully saturated rings. The molecule has 0 aliphatic carbocycles. The largest absolute Gasteiger partial charge is 0.459 e. The summed E-state index contributed by atoms with van der Waals surface area (Å²) in [5.41, 5.74) is -5.21. The molecule has 0 saturated carbocycles. The van der Waals surface area contributed by atoms with Crippen LogP contribution in [0.5, 0.6) is 0 Å². The van der Waals surface area contributed by atoms with Crippen LogP contribution >= 0.6 is 0 Å². The van der Waals surface area contributed by atoms with Gasteiger partial charge in [0.15, 0.2) is 0 Å². The van der Waals surface area contributed by atoms with Crippen molar-refractivity contribution in [1.29, 1.82) is 0 Å². The average molecular weight is 389 g/mol. The molecule has 0 aliphatic rings. The predicted octanol–water partition coefficient (Wildman–Crippen LogP) is 4.76. The highest BCUT2D eigenvalue weighted by molar-refractivity contribution is 5.48. The maximum Gasteiger partial charge on any atom is 0.459 e. The van der Waals surface area contributed by atoms with Crippen LogP contribution in [0.4, 0.5) is 40.8 Å². The fraction of sp³-hybridized carbons (Fsp3) is 0.308. The Hall–Kier alpha value is -2.73. The van der Waals surface area contributed by atoms with E-state index in [2.05, 4.69) is 5.10 Å². The van der Waals surface area contributed by atoms with Crippen LogP contribution in [0.15, 0.2) is 24.3 Å². The average Bonchev–Trinajstić information content (AvgIpc) is 2.91. The van der Waals surface area contributed by atoms with Gasteiger partial charge in [-0.15, -0.1) is 0 Å². The zero-order valence-electron chi connectivity index (χ0n) is 12.5. The fourth-order valence-electron chi connectivity index (χ4n) is 2.05. The van der Waals surface area contributed by atoms with Crippen molar-refractivity contribution in [3.8, 4) is 5.69 Å². The number of aryl methyl sites for hydroxylation is 1. The molecule has 0 amide bonds. The summed E-state index contributed by atoms with van der Waals surface area (Å²) in [5.74, 6) is -5.62. The Morgan fingerprint density at radius 1 is 1.04 bits per heavy atom. The number of nitro groups is 1. The van der Waals surface area contributed by atoms with Gasteiger partial charge in [-0.2, -0.15) is 40.2 Å². The summed E-state index contributed by atoms with van der Waals surface area (Å²) < 4.78 is 103. The van der Waals surface area contributed by atoms with E-state index in [4.69, 9.17) is 0 Å². The Labute approximate surface area is 139 Å². The number of nitrogens with zero attached hydrogens (tertiary/aromatic N) is 3. The normalized spacial score (nSPS) is 13.1. The zero-order chi connectivity index (χ0) is 20.1. The van der Waals surface area contributed by atoms with Crippen LogP contribution in [0, 0.1) is 17.0 Å². The van der Waals surface area contributed by atoms with E-state index >= 15 is 0 Å². The molecular formula is C13H7F8N3O2. The Morgan fingerprint density at radius 3 is 2.04 bits per heavy atom. The molecular weight excluding hydrogens is 382 g/mol. The van der Waals surface area contributed by atoms with Crippen molar-refractivity contribution in [1.82, 2.24) is 9.78 Å². The monoisotopic (exact) mass is 389 g/mol. The standard InChI is InChI=1S/C13H7F8N3O2/c1-6-4-7(2-3-8(6)24(25)26)23-10(12(16,17)18)5-9(22-23)11(14,15)13(19,20)21/h2-5H,1H3. The lowest BCUT2D eigenvalue weighted by Crippen LogP contribution is -2.34. The lowest BCUT2D eigenvalue weighted by Gasteiger charge is -2.16. The molecule has 2 rings (SSSR count). The first kappa shape index (κ1) is 19.6. The number of aromatic nitrogens is 2. The molecule has 1 aromatic carbocycles. The number of halogens is 8. The highest BCUT2D eigenvalue weighted by atomic mass is 19.4. The molecule has 0 spiro atoms. The molecule has 0 aliphatic heterocycles. The number of rotatable bonds is 3. The predicted molar refractivity (Wildman–Crippen MR) is 69.9 cm³/mol. The molecule has 0 N–H and O–H groups in total. The second-order valence-electron chi connectivity index (χ2n) is 5.12. The summed E-state index contributed by atoms with van der Waals surface area (Å²) in [6.07, 6.45) is -11.5. The first-order chi connectivity index (χ1) is 11.7. The quantitative estimate of drug-likeness (QED) is 0.432. The lowest BCUT2D eigenvalue weighted by molar-refractivity contribution is -0.385. The van der Waals surface area contributed by atoms with Crippen molar-refractivity contribution in [2.45, 2.75) is 25.2 Å². The van der Waals surface area contributed by atoms with Crippen LogP contribution in [0.25, 0.3) is 5.69 Å². The number of hydrogen-bond donors (Lipinski definition) is 0. The minimum atomic E-state index is -6.15. The van der Waals surface area contributed by atoms with Gasteiger partial charge in [0.05, 0.1) is 10.6 Å². The van der Waals surface area contributed by atoms with Gasteiger partial charge in [0, 0.05) is 11.6 Å². The number of alkyl halides is 8. The molecule has 0 saturated heterocycles. The van der Waals surface area contributed by atoms with E-state index in [1.54, 1.807) is 0 Å². The first-order valence-corrected chi connectivity index (χ1v) is 6.54. The molecule has 0 radical (unpaired) electrons. The minimum absolute atomic E-state index is 0.139. The molecule has 1 heterocycles. The Morgan fingerprint density at radius 2 is 1.62 bits per heavy atom. The van der Waals surface area contributed by atoms with E-state index in [0.717, 1.165) is 25.1 Å². The second-order valence-corrected chi connectivity index (χ2v) is 5.12. The van der Waals surface area contributed by atoms with Gasteiger partial charge in [-0.3, -0.25) is 10.1 Å². The molecule has 142 valence electrons. The van der Waals surface area contributed by atoms with Gasteiger partial charge >= 0.3 is 18.3 Å². The van der Waals surface area contributed by atoms with Gasteiger partial charge in [0.2, 0.25) is 0 Å². The van der Waals surface area contributed by atoms with Crippen LogP contribution in [0.3, 0.4) is 0 Å². The van der Waals surface area contributed by atoms with E-state index in [-0.39, 0.29) is 10.2 Å². The molecule has 5 nitrogen and oxygen atoms in total. The SMILES string of the molecule is Cc1cc(-n2nc(C(F)(F)C(F)(F)F)cc2C(F)(F)F)ccc1[N+](=O)[O-]. The molecule has 26 heavy (non-hydrogen) atoms. The highest BCUT2D eigenvalue weighted by Gasteiger charge is 2.61. The van der Waals surface area contributed by atoms with Crippen LogP contribution in [0.1, 0.15) is 17.0 Å². The first-order valence-electron chi connectivity index (χ1n) is 6.54. The Kier molecular flexibility index (Phi) is 4.46. The highest BCUT2D eigenvalue weighted by Crippen LogP contribution is 2.45. The summed E-state index contributed by atoms with van der Waals surface area (Å²) in [6, 6.07) is 1.94. The maximum absolute atomic E-state index is 13.4. The van der Waals surface area contributed by atoms with Gasteiger partial charge in [0.1, 0.15) is 11.4 Å². The van der Waals surface area contributed by atoms with Crippen LogP contribution in [-0.4, -0.2) is 20.9 Å². The Bertz CT molecular complexity index is 854. The van der Waals surface area contributed by atoms with E-state index in [1.807, 2.05) is 0 Å². The summed E-state index contributed by atoms with van der Waals surface area (Å²) in [7, 11) is 0. The fourth-order valence-corrected chi connectivity index (χ4v) is 2.05. The van der Waals surface area contributed by atoms with Gasteiger partial charge in [-0.25, -0.2) is 4.68 Å². The maximum atomic E-state index is 13.4. The van der Waals surface area contributed by atoms with Gasteiger partial charge in [-0.05, 0) is 25.1 Å². The van der Waals surface area contributed by atoms with Gasteiger partial charge in [0.25, 0.3) is 5.69 Å². The van der Waals surface area contributed by atoms with E-state index < -0.39 is 52.0 Å². The number of benzene rings is 1. The van der Waals surface area contributed by atoms with Crippen LogP contribution in [0.2, 0.25) is 0 Å². The zero-order valence-corrected chi connectivity index (χ0v) is 12.5. The summed E-state index contributed by atoms with van der Waals surface area (Å²) in [6.45, 7) is 1.16. The van der Waals surface area contributed by atoms with Crippen LogP contribution < -0.4 is 0 Å². The van der Waals surface area contributed by atoms with E-state index in [1.165, 1.54) is 0 Å². The lowest BCUT2D eigenvalue weighted by atomic mass is 10.2. The molecule has 2 aromatic rings. The van der Waals surface area contributed by atoms with Crippen molar-refractivity contribution in [2.75, 3.05) is 0 Å². The minimum Gasteiger partial charge on any atom is -0.258 e. The number of hydrogen-bond acceptors (Lipinski definition) is 3. The van der Waals surface area contributed by atoms with Gasteiger partial charge < -0.3 is 0 Å². The smallest absolute Gasteiger partial charge is 0.258 e. The third-order valence-electron chi connectivity index (χ3n) is 3.30. The van der Waals surface area contributed by atoms with Crippen molar-refractivity contribution in [3.05, 3.63) is 51.3 Å². The topological polar surface area (TPSA) is 61.0 Å². The molecule has 13 heteroatoms. The summed E-state index contributed by atoms with van der Waals surface area (Å²) >= 11 is 0. The molecule has 1 aromatic heterocycles. The second kappa shape index (κ2) is 5.92. The van der Waals surface area contributed by atoms with Crippen LogP contribution in [-0.2, 0) is 12.1 Å². The van der Waals surface area contributed by atoms with Gasteiger partial charge in [-0.1, -0.05) is 0 Å². The Balaban J connectivity index is 2.69. The van der Waals surface area contributed by atoms with Crippen molar-refractivity contribution < 1.29 is 40.0 Å². The third-order valence-corrected chi connectivity index (χ3v) is 3.30.